The average Bonchev–Trinajstić information content (AvgIpc) is 2.88. The third-order valence-electron chi connectivity index (χ3n) is 1.91. The zero-order valence-corrected chi connectivity index (χ0v) is 10.7. The number of hydrogen-bond donors (Lipinski definition) is 0. The maximum absolute atomic E-state index is 11.3. The van der Waals surface area contributed by atoms with Crippen LogP contribution in [0.3, 0.4) is 0 Å². The Bertz CT molecular complexity index is 635. The maximum atomic E-state index is 11.3. The Balaban J connectivity index is 2.11. The predicted molar refractivity (Wildman–Crippen MR) is 63.3 cm³/mol. The number of carbonyl (C=O) groups excluding carboxylic acids is 1. The van der Waals surface area contributed by atoms with Crippen molar-refractivity contribution in [1.29, 1.82) is 5.26 Å². The molecule has 0 aliphatic heterocycles. The third kappa shape index (κ3) is 3.29. The van der Waals surface area contributed by atoms with Crippen LogP contribution in [0, 0.1) is 11.3 Å². The maximum Gasteiger partial charge on any atom is 0.396 e. The fourth-order valence-electron chi connectivity index (χ4n) is 1.16. The van der Waals surface area contributed by atoms with Crippen molar-refractivity contribution in [2.75, 3.05) is 6.61 Å². The summed E-state index contributed by atoms with van der Waals surface area (Å²) in [5.41, 5.74) is 0.287. The van der Waals surface area contributed by atoms with Gasteiger partial charge in [-0.15, -0.1) is 5.10 Å². The van der Waals surface area contributed by atoms with Gasteiger partial charge in [0.2, 0.25) is 0 Å². The Labute approximate surface area is 112 Å². The van der Waals surface area contributed by atoms with Gasteiger partial charge in [-0.05, 0) is 30.8 Å². The third-order valence-corrected chi connectivity index (χ3v) is 2.74. The fraction of sp³-hybridized carbons (Fsp3) is 0.182. The number of hydrogen-bond acceptors (Lipinski definition) is 8. The minimum atomic E-state index is -0.658. The summed E-state index contributed by atoms with van der Waals surface area (Å²) < 4.78 is 9.87. The summed E-state index contributed by atoms with van der Waals surface area (Å²) in [6.45, 7) is 1.92. The molecule has 0 radical (unpaired) electrons. The van der Waals surface area contributed by atoms with E-state index in [0.717, 1.165) is 11.8 Å². The second-order valence-corrected chi connectivity index (χ2v) is 4.21. The van der Waals surface area contributed by atoms with Crippen molar-refractivity contribution in [1.82, 2.24) is 15.2 Å². The molecule has 2 heterocycles. The zero-order chi connectivity index (χ0) is 13.7. The molecule has 0 N–H and O–H groups in total. The van der Waals surface area contributed by atoms with E-state index in [1.807, 2.05) is 6.07 Å². The molecule has 0 atom stereocenters. The highest BCUT2D eigenvalue weighted by atomic mass is 32.2. The summed E-state index contributed by atoms with van der Waals surface area (Å²) in [6.07, 6.45) is 1.50. The normalized spacial score (nSPS) is 9.89. The monoisotopic (exact) mass is 276 g/mol. The van der Waals surface area contributed by atoms with Crippen molar-refractivity contribution in [2.45, 2.75) is 17.0 Å². The zero-order valence-electron chi connectivity index (χ0n) is 9.86. The first-order chi connectivity index (χ1) is 9.22. The van der Waals surface area contributed by atoms with Crippen LogP contribution in [-0.2, 0) is 4.74 Å². The first-order valence-corrected chi connectivity index (χ1v) is 6.09. The standard InChI is InChI=1S/C11H8N4O3S/c1-2-17-10(16)9-14-15-11(18-9)19-8-3-4-13-7(5-8)6-12/h3-5H,2H2,1H3. The Kier molecular flexibility index (Phi) is 4.10. The number of aromatic nitrogens is 3. The molecule has 0 bridgehead atoms. The van der Waals surface area contributed by atoms with Crippen molar-refractivity contribution in [3.63, 3.8) is 0 Å². The summed E-state index contributed by atoms with van der Waals surface area (Å²) in [7, 11) is 0. The van der Waals surface area contributed by atoms with Crippen LogP contribution in [0.25, 0.3) is 0 Å². The van der Waals surface area contributed by atoms with Crippen molar-refractivity contribution in [2.24, 2.45) is 0 Å². The smallest absolute Gasteiger partial charge is 0.396 e. The number of nitriles is 1. The molecule has 7 nitrogen and oxygen atoms in total. The lowest BCUT2D eigenvalue weighted by Gasteiger charge is -1.96. The van der Waals surface area contributed by atoms with Crippen LogP contribution < -0.4 is 0 Å². The van der Waals surface area contributed by atoms with Crippen LogP contribution in [0.2, 0.25) is 0 Å². The fourth-order valence-corrected chi connectivity index (χ4v) is 1.87. The summed E-state index contributed by atoms with van der Waals surface area (Å²) >= 11 is 1.13. The molecular weight excluding hydrogens is 268 g/mol. The Morgan fingerprint density at radius 2 is 2.42 bits per heavy atom. The van der Waals surface area contributed by atoms with Gasteiger partial charge in [0.05, 0.1) is 6.61 Å². The molecule has 96 valence electrons. The van der Waals surface area contributed by atoms with E-state index in [9.17, 15) is 4.79 Å². The topological polar surface area (TPSA) is 102 Å². The van der Waals surface area contributed by atoms with E-state index in [1.165, 1.54) is 6.20 Å². The molecule has 0 aliphatic carbocycles. The summed E-state index contributed by atoms with van der Waals surface area (Å²) in [5, 5.41) is 16.2. The van der Waals surface area contributed by atoms with E-state index < -0.39 is 5.97 Å². The predicted octanol–water partition coefficient (Wildman–Crippen LogP) is 1.66. The number of rotatable bonds is 4. The van der Waals surface area contributed by atoms with Gasteiger partial charge in [-0.1, -0.05) is 5.10 Å². The van der Waals surface area contributed by atoms with Crippen LogP contribution >= 0.6 is 11.8 Å². The molecule has 0 aromatic carbocycles. The van der Waals surface area contributed by atoms with E-state index in [-0.39, 0.29) is 23.4 Å². The van der Waals surface area contributed by atoms with Gasteiger partial charge < -0.3 is 9.15 Å². The number of pyridine rings is 1. The quantitative estimate of drug-likeness (QED) is 0.777. The van der Waals surface area contributed by atoms with Crippen LogP contribution in [0.15, 0.2) is 32.9 Å². The molecule has 0 aliphatic rings. The first-order valence-electron chi connectivity index (χ1n) is 5.27. The minimum absolute atomic E-state index is 0.193. The van der Waals surface area contributed by atoms with Crippen molar-refractivity contribution in [3.05, 3.63) is 29.9 Å². The van der Waals surface area contributed by atoms with Gasteiger partial charge in [-0.2, -0.15) is 5.26 Å². The van der Waals surface area contributed by atoms with Gasteiger partial charge in [0.15, 0.2) is 0 Å². The highest BCUT2D eigenvalue weighted by Gasteiger charge is 2.16. The second-order valence-electron chi connectivity index (χ2n) is 3.18. The minimum Gasteiger partial charge on any atom is -0.459 e. The van der Waals surface area contributed by atoms with E-state index >= 15 is 0 Å². The van der Waals surface area contributed by atoms with Gasteiger partial charge in [0, 0.05) is 11.1 Å². The molecule has 0 saturated heterocycles. The van der Waals surface area contributed by atoms with E-state index in [2.05, 4.69) is 15.2 Å². The molecule has 19 heavy (non-hydrogen) atoms. The van der Waals surface area contributed by atoms with Crippen molar-refractivity contribution in [3.8, 4) is 6.07 Å². The molecule has 2 aromatic rings. The van der Waals surface area contributed by atoms with Crippen LogP contribution in [0.4, 0.5) is 0 Å². The number of nitrogens with zero attached hydrogens (tertiary/aromatic N) is 4. The van der Waals surface area contributed by atoms with Crippen molar-refractivity contribution >= 4 is 17.7 Å². The lowest BCUT2D eigenvalue weighted by molar-refractivity contribution is 0.0475. The molecular formula is C11H8N4O3S. The summed E-state index contributed by atoms with van der Waals surface area (Å²) in [5.74, 6) is -0.854. The SMILES string of the molecule is CCOC(=O)c1nnc(Sc2ccnc(C#N)c2)o1. The lowest BCUT2D eigenvalue weighted by Crippen LogP contribution is -2.04. The Hall–Kier alpha value is -2.40. The summed E-state index contributed by atoms with van der Waals surface area (Å²) in [4.78, 5) is 15.9. The molecule has 2 rings (SSSR count). The van der Waals surface area contributed by atoms with Gasteiger partial charge in [0.1, 0.15) is 11.8 Å². The van der Waals surface area contributed by atoms with Gasteiger partial charge >= 0.3 is 11.9 Å². The van der Waals surface area contributed by atoms with Crippen LogP contribution in [0.5, 0.6) is 0 Å². The molecule has 0 amide bonds. The second kappa shape index (κ2) is 5.97. The highest BCUT2D eigenvalue weighted by molar-refractivity contribution is 7.99. The Morgan fingerprint density at radius 3 is 3.16 bits per heavy atom. The Morgan fingerprint density at radius 1 is 1.58 bits per heavy atom. The molecule has 2 aromatic heterocycles. The van der Waals surface area contributed by atoms with E-state index in [0.29, 0.717) is 4.90 Å². The number of ether oxygens (including phenoxy) is 1. The average molecular weight is 276 g/mol. The largest absolute Gasteiger partial charge is 0.459 e. The van der Waals surface area contributed by atoms with Gasteiger partial charge in [0.25, 0.3) is 5.22 Å². The highest BCUT2D eigenvalue weighted by Crippen LogP contribution is 2.26. The number of carbonyl (C=O) groups is 1. The molecule has 0 fully saturated rings. The molecule has 8 heteroatoms. The first kappa shape index (κ1) is 13.0. The van der Waals surface area contributed by atoms with E-state index in [4.69, 9.17) is 14.4 Å². The number of esters is 1. The van der Waals surface area contributed by atoms with Crippen molar-refractivity contribution < 1.29 is 13.9 Å². The molecule has 0 spiro atoms. The van der Waals surface area contributed by atoms with Crippen LogP contribution in [0.1, 0.15) is 23.3 Å². The molecule has 0 unspecified atom stereocenters. The molecule has 0 saturated carbocycles. The van der Waals surface area contributed by atoms with Gasteiger partial charge in [-0.3, -0.25) is 0 Å². The summed E-state index contributed by atoms with van der Waals surface area (Å²) in [6, 6.07) is 5.20. The van der Waals surface area contributed by atoms with Gasteiger partial charge in [-0.25, -0.2) is 9.78 Å². The lowest BCUT2D eigenvalue weighted by atomic mass is 10.4. The van der Waals surface area contributed by atoms with E-state index in [1.54, 1.807) is 19.1 Å². The van der Waals surface area contributed by atoms with Crippen LogP contribution in [-0.4, -0.2) is 27.8 Å².